The number of benzene rings is 1. The molecule has 1 aliphatic carbocycles. The summed E-state index contributed by atoms with van der Waals surface area (Å²) in [5, 5.41) is 3.17. The Morgan fingerprint density at radius 2 is 2.00 bits per heavy atom. The van der Waals surface area contributed by atoms with Gasteiger partial charge in [-0.25, -0.2) is 0 Å². The van der Waals surface area contributed by atoms with Crippen LogP contribution in [0.4, 0.5) is 0 Å². The highest BCUT2D eigenvalue weighted by Crippen LogP contribution is 2.18. The molecule has 1 amide bonds. The molecule has 3 heteroatoms. The molecule has 1 aliphatic rings. The van der Waals surface area contributed by atoms with Crippen LogP contribution in [0.25, 0.3) is 0 Å². The number of hydrogen-bond acceptors (Lipinski definition) is 2. The minimum atomic E-state index is 0.0309. The predicted octanol–water partition coefficient (Wildman–Crippen LogP) is 2.76. The number of rotatable bonds is 2. The molecule has 0 bridgehead atoms. The second-order valence-electron chi connectivity index (χ2n) is 5.70. The molecule has 0 unspecified atom stereocenters. The summed E-state index contributed by atoms with van der Waals surface area (Å²) in [7, 11) is 0. The second-order valence-corrected chi connectivity index (χ2v) is 5.70. The fourth-order valence-corrected chi connectivity index (χ4v) is 2.78. The first-order chi connectivity index (χ1) is 10.2. The van der Waals surface area contributed by atoms with Crippen molar-refractivity contribution >= 4 is 5.91 Å². The Morgan fingerprint density at radius 3 is 2.62 bits per heavy atom. The Labute approximate surface area is 127 Å². The van der Waals surface area contributed by atoms with Gasteiger partial charge in [-0.2, -0.15) is 0 Å². The van der Waals surface area contributed by atoms with E-state index in [1.807, 2.05) is 25.1 Å². The number of nitrogens with two attached hydrogens (primary N) is 1. The van der Waals surface area contributed by atoms with Crippen molar-refractivity contribution in [2.45, 2.75) is 51.5 Å². The standard InChI is InChI=1S/C18H24N2O/c1-14-13-16(11-10-15(14)7-6-12-19)18(21)20-17-8-4-2-3-5-9-17/h10-11,13,17H,2-5,8-9,12,19H2,1H3,(H,20,21). The molecule has 1 saturated carbocycles. The third kappa shape index (κ3) is 4.61. The van der Waals surface area contributed by atoms with Gasteiger partial charge in [0.25, 0.3) is 5.91 Å². The fourth-order valence-electron chi connectivity index (χ4n) is 2.78. The Morgan fingerprint density at radius 1 is 1.29 bits per heavy atom. The molecule has 21 heavy (non-hydrogen) atoms. The number of hydrogen-bond donors (Lipinski definition) is 2. The van der Waals surface area contributed by atoms with Gasteiger partial charge >= 0.3 is 0 Å². The summed E-state index contributed by atoms with van der Waals surface area (Å²) in [5.41, 5.74) is 8.06. The zero-order valence-corrected chi connectivity index (χ0v) is 12.7. The smallest absolute Gasteiger partial charge is 0.251 e. The zero-order valence-electron chi connectivity index (χ0n) is 12.7. The van der Waals surface area contributed by atoms with Gasteiger partial charge in [0.2, 0.25) is 0 Å². The van der Waals surface area contributed by atoms with E-state index < -0.39 is 0 Å². The van der Waals surface area contributed by atoms with Crippen molar-refractivity contribution in [2.24, 2.45) is 5.73 Å². The van der Waals surface area contributed by atoms with Crippen molar-refractivity contribution in [1.82, 2.24) is 5.32 Å². The molecule has 0 radical (unpaired) electrons. The Kier molecular flexibility index (Phi) is 5.83. The van der Waals surface area contributed by atoms with Crippen LogP contribution < -0.4 is 11.1 Å². The summed E-state index contributed by atoms with van der Waals surface area (Å²) in [6.07, 6.45) is 7.23. The quantitative estimate of drug-likeness (QED) is 0.648. The van der Waals surface area contributed by atoms with Gasteiger partial charge < -0.3 is 11.1 Å². The molecule has 112 valence electrons. The molecule has 0 aliphatic heterocycles. The lowest BCUT2D eigenvalue weighted by molar-refractivity contribution is 0.0933. The van der Waals surface area contributed by atoms with E-state index in [4.69, 9.17) is 5.73 Å². The zero-order chi connectivity index (χ0) is 15.1. The predicted molar refractivity (Wildman–Crippen MR) is 86.1 cm³/mol. The summed E-state index contributed by atoms with van der Waals surface area (Å²) in [4.78, 5) is 12.3. The first kappa shape index (κ1) is 15.6. The molecule has 0 saturated heterocycles. The number of carbonyl (C=O) groups excluding carboxylic acids is 1. The monoisotopic (exact) mass is 284 g/mol. The van der Waals surface area contributed by atoms with E-state index >= 15 is 0 Å². The summed E-state index contributed by atoms with van der Waals surface area (Å²) in [6, 6.07) is 5.99. The van der Waals surface area contributed by atoms with Crippen molar-refractivity contribution < 1.29 is 4.79 Å². The van der Waals surface area contributed by atoms with Gasteiger partial charge in [0.15, 0.2) is 0 Å². The van der Waals surface area contributed by atoms with E-state index in [9.17, 15) is 4.79 Å². The van der Waals surface area contributed by atoms with Crippen LogP contribution in [0.5, 0.6) is 0 Å². The van der Waals surface area contributed by atoms with Crippen molar-refractivity contribution in [2.75, 3.05) is 6.54 Å². The van der Waals surface area contributed by atoms with Crippen LogP contribution in [0.3, 0.4) is 0 Å². The second kappa shape index (κ2) is 7.85. The molecule has 0 aromatic heterocycles. The van der Waals surface area contributed by atoms with Crippen molar-refractivity contribution in [3.63, 3.8) is 0 Å². The van der Waals surface area contributed by atoms with Gasteiger partial charge in [0.05, 0.1) is 6.54 Å². The van der Waals surface area contributed by atoms with Crippen LogP contribution in [0.2, 0.25) is 0 Å². The fraction of sp³-hybridized carbons (Fsp3) is 0.500. The Bertz CT molecular complexity index is 546. The number of nitrogens with one attached hydrogen (secondary N) is 1. The highest BCUT2D eigenvalue weighted by atomic mass is 16.1. The molecular weight excluding hydrogens is 260 g/mol. The lowest BCUT2D eigenvalue weighted by Crippen LogP contribution is -2.34. The van der Waals surface area contributed by atoms with E-state index in [1.54, 1.807) is 0 Å². The van der Waals surface area contributed by atoms with E-state index in [1.165, 1.54) is 25.7 Å². The third-order valence-corrected chi connectivity index (χ3v) is 4.00. The summed E-state index contributed by atoms with van der Waals surface area (Å²) in [5.74, 6) is 5.90. The molecule has 1 aromatic rings. The van der Waals surface area contributed by atoms with E-state index in [0.717, 1.165) is 29.5 Å². The number of carbonyl (C=O) groups is 1. The number of amides is 1. The van der Waals surface area contributed by atoms with Crippen LogP contribution in [-0.4, -0.2) is 18.5 Å². The Balaban J connectivity index is 2.03. The summed E-state index contributed by atoms with van der Waals surface area (Å²) < 4.78 is 0. The average Bonchev–Trinajstić information content (AvgIpc) is 2.74. The van der Waals surface area contributed by atoms with E-state index in [-0.39, 0.29) is 5.91 Å². The van der Waals surface area contributed by atoms with Gasteiger partial charge in [0.1, 0.15) is 0 Å². The van der Waals surface area contributed by atoms with Gasteiger partial charge in [-0.05, 0) is 43.5 Å². The molecule has 0 heterocycles. The Hall–Kier alpha value is -1.79. The largest absolute Gasteiger partial charge is 0.349 e. The lowest BCUT2D eigenvalue weighted by atomic mass is 10.0. The normalized spacial score (nSPS) is 15.7. The van der Waals surface area contributed by atoms with E-state index in [2.05, 4.69) is 17.2 Å². The molecule has 0 atom stereocenters. The van der Waals surface area contributed by atoms with Crippen molar-refractivity contribution in [1.29, 1.82) is 0 Å². The molecule has 3 N–H and O–H groups in total. The lowest BCUT2D eigenvalue weighted by Gasteiger charge is -2.16. The molecule has 0 spiro atoms. The van der Waals surface area contributed by atoms with E-state index in [0.29, 0.717) is 12.6 Å². The molecule has 1 aromatic carbocycles. The maximum Gasteiger partial charge on any atom is 0.251 e. The van der Waals surface area contributed by atoms with Crippen LogP contribution in [0.1, 0.15) is 60.0 Å². The molecule has 1 fully saturated rings. The summed E-state index contributed by atoms with van der Waals surface area (Å²) >= 11 is 0. The molecule has 3 nitrogen and oxygen atoms in total. The van der Waals surface area contributed by atoms with Crippen molar-refractivity contribution in [3.05, 3.63) is 34.9 Å². The molecule has 2 rings (SSSR count). The van der Waals surface area contributed by atoms with Crippen LogP contribution >= 0.6 is 0 Å². The van der Waals surface area contributed by atoms with Crippen LogP contribution in [0.15, 0.2) is 18.2 Å². The first-order valence-electron chi connectivity index (χ1n) is 7.81. The maximum atomic E-state index is 12.3. The summed E-state index contributed by atoms with van der Waals surface area (Å²) in [6.45, 7) is 2.33. The maximum absolute atomic E-state index is 12.3. The highest BCUT2D eigenvalue weighted by Gasteiger charge is 2.16. The van der Waals surface area contributed by atoms with Crippen LogP contribution in [0, 0.1) is 18.8 Å². The third-order valence-electron chi connectivity index (χ3n) is 4.00. The minimum absolute atomic E-state index is 0.0309. The van der Waals surface area contributed by atoms with Gasteiger partial charge in [-0.3, -0.25) is 4.79 Å². The van der Waals surface area contributed by atoms with Crippen molar-refractivity contribution in [3.8, 4) is 11.8 Å². The van der Waals surface area contributed by atoms with Gasteiger partial charge in [0, 0.05) is 17.2 Å². The first-order valence-corrected chi connectivity index (χ1v) is 7.81. The SMILES string of the molecule is Cc1cc(C(=O)NC2CCCCCC2)ccc1C#CCN. The van der Waals surface area contributed by atoms with Gasteiger partial charge in [-0.1, -0.05) is 37.5 Å². The topological polar surface area (TPSA) is 55.1 Å². The van der Waals surface area contributed by atoms with Gasteiger partial charge in [-0.15, -0.1) is 0 Å². The minimum Gasteiger partial charge on any atom is -0.349 e. The number of aryl methyl sites for hydroxylation is 1. The highest BCUT2D eigenvalue weighted by molar-refractivity contribution is 5.94. The van der Waals surface area contributed by atoms with Crippen LogP contribution in [-0.2, 0) is 0 Å². The average molecular weight is 284 g/mol. The molecular formula is C18H24N2O.